The number of hydrogen-bond donors (Lipinski definition) is 2. The fraction of sp³-hybridized carbons (Fsp3) is 0.917. The minimum absolute atomic E-state index is 0.423. The molecule has 1 amide bonds. The van der Waals surface area contributed by atoms with Crippen LogP contribution in [0.4, 0.5) is 0 Å². The molecule has 3 unspecified atom stereocenters. The van der Waals surface area contributed by atoms with Crippen LogP contribution in [0, 0.1) is 0 Å². The summed E-state index contributed by atoms with van der Waals surface area (Å²) in [4.78, 5) is 15.9. The number of nitrogens with zero attached hydrogens (tertiary/aromatic N) is 2. The van der Waals surface area contributed by atoms with Gasteiger partial charge in [0.25, 0.3) is 0 Å². The van der Waals surface area contributed by atoms with Gasteiger partial charge in [0.1, 0.15) is 0 Å². The summed E-state index contributed by atoms with van der Waals surface area (Å²) in [5.74, 6) is -0.423. The van der Waals surface area contributed by atoms with Gasteiger partial charge in [-0.2, -0.15) is 0 Å². The van der Waals surface area contributed by atoms with E-state index < -0.39 is 11.4 Å². The molecule has 4 N–H and O–H groups in total. The lowest BCUT2D eigenvalue weighted by Gasteiger charge is -2.43. The minimum Gasteiger partial charge on any atom is -0.368 e. The van der Waals surface area contributed by atoms with E-state index in [1.54, 1.807) is 6.92 Å². The molecule has 0 aromatic carbocycles. The van der Waals surface area contributed by atoms with Gasteiger partial charge in [0.15, 0.2) is 0 Å². The molecule has 5 heteroatoms. The van der Waals surface area contributed by atoms with E-state index in [2.05, 4.69) is 30.7 Å². The van der Waals surface area contributed by atoms with Crippen molar-refractivity contribution in [3.05, 3.63) is 0 Å². The third kappa shape index (κ3) is 3.66. The molecule has 1 heterocycles. The van der Waals surface area contributed by atoms with Gasteiger partial charge in [0, 0.05) is 31.7 Å². The molecule has 0 aromatic rings. The molecule has 0 spiro atoms. The Morgan fingerprint density at radius 3 is 2.24 bits per heavy atom. The molecule has 0 aromatic heterocycles. The fourth-order valence-corrected chi connectivity index (χ4v) is 2.21. The lowest BCUT2D eigenvalue weighted by Crippen LogP contribution is -2.57. The van der Waals surface area contributed by atoms with E-state index in [0.717, 1.165) is 19.6 Å². The third-order valence-corrected chi connectivity index (χ3v) is 3.95. The van der Waals surface area contributed by atoms with Gasteiger partial charge in [-0.3, -0.25) is 9.69 Å². The molecule has 0 bridgehead atoms. The maximum Gasteiger partial charge on any atom is 0.237 e. The first kappa shape index (κ1) is 14.4. The Morgan fingerprint density at radius 2 is 1.82 bits per heavy atom. The van der Waals surface area contributed by atoms with E-state index in [1.807, 2.05) is 0 Å². The Hall–Kier alpha value is -0.650. The molecule has 100 valence electrons. The van der Waals surface area contributed by atoms with E-state index in [1.165, 1.54) is 0 Å². The van der Waals surface area contributed by atoms with Crippen molar-refractivity contribution >= 4 is 5.91 Å². The van der Waals surface area contributed by atoms with Crippen LogP contribution in [0.5, 0.6) is 0 Å². The molecule has 1 rings (SSSR count). The zero-order valence-electron chi connectivity index (χ0n) is 11.4. The normalized spacial score (nSPS) is 31.1. The zero-order valence-corrected chi connectivity index (χ0v) is 11.4. The Labute approximate surface area is 104 Å². The number of rotatable bonds is 4. The van der Waals surface area contributed by atoms with Gasteiger partial charge in [-0.05, 0) is 34.2 Å². The zero-order chi connectivity index (χ0) is 13.2. The average Bonchev–Trinajstić information content (AvgIpc) is 2.22. The summed E-state index contributed by atoms with van der Waals surface area (Å²) in [6, 6.07) is 1.08. The van der Waals surface area contributed by atoms with E-state index in [-0.39, 0.29) is 0 Å². The molecule has 0 aliphatic carbocycles. The Bertz CT molecular complexity index is 268. The largest absolute Gasteiger partial charge is 0.368 e. The number of hydrogen-bond acceptors (Lipinski definition) is 4. The minimum atomic E-state index is -0.893. The van der Waals surface area contributed by atoms with Crippen LogP contribution in [-0.2, 0) is 4.79 Å². The second-order valence-electron chi connectivity index (χ2n) is 5.65. The summed E-state index contributed by atoms with van der Waals surface area (Å²) < 4.78 is 0. The quantitative estimate of drug-likeness (QED) is 0.703. The molecule has 1 aliphatic heterocycles. The van der Waals surface area contributed by atoms with Crippen LogP contribution >= 0.6 is 0 Å². The van der Waals surface area contributed by atoms with Crippen LogP contribution in [0.25, 0.3) is 0 Å². The van der Waals surface area contributed by atoms with Gasteiger partial charge >= 0.3 is 0 Å². The molecule has 3 atom stereocenters. The Balaban J connectivity index is 2.46. The average molecular weight is 242 g/mol. The third-order valence-electron chi connectivity index (χ3n) is 3.95. The summed E-state index contributed by atoms with van der Waals surface area (Å²) in [5.41, 5.74) is 10.2. The summed E-state index contributed by atoms with van der Waals surface area (Å²) in [7, 11) is 2.16. The van der Waals surface area contributed by atoms with E-state index in [4.69, 9.17) is 11.5 Å². The van der Waals surface area contributed by atoms with E-state index in [0.29, 0.717) is 18.5 Å². The molecular formula is C12H26N4O. The molecule has 0 radical (unpaired) electrons. The lowest BCUT2D eigenvalue weighted by atomic mass is 9.97. The van der Waals surface area contributed by atoms with Crippen molar-refractivity contribution in [3.8, 4) is 0 Å². The number of primary amides is 1. The van der Waals surface area contributed by atoms with E-state index in [9.17, 15) is 4.79 Å². The van der Waals surface area contributed by atoms with E-state index >= 15 is 0 Å². The van der Waals surface area contributed by atoms with Crippen LogP contribution in [0.2, 0.25) is 0 Å². The van der Waals surface area contributed by atoms with Crippen molar-refractivity contribution in [1.82, 2.24) is 9.80 Å². The van der Waals surface area contributed by atoms with Crippen molar-refractivity contribution in [2.75, 3.05) is 26.7 Å². The van der Waals surface area contributed by atoms with Crippen LogP contribution in [0.1, 0.15) is 27.2 Å². The summed E-state index contributed by atoms with van der Waals surface area (Å²) >= 11 is 0. The molecular weight excluding hydrogens is 216 g/mol. The SMILES string of the molecule is CC1CN(CCC(C)(N)C(N)=O)CC(C)N1C. The van der Waals surface area contributed by atoms with Crippen LogP contribution < -0.4 is 11.5 Å². The molecule has 1 aliphatic rings. The molecule has 1 saturated heterocycles. The lowest BCUT2D eigenvalue weighted by molar-refractivity contribution is -0.123. The standard InChI is InChI=1S/C12H26N4O/c1-9-7-16(8-10(2)15(9)4)6-5-12(3,14)11(13)17/h9-10H,5-8,14H2,1-4H3,(H2,13,17). The van der Waals surface area contributed by atoms with Gasteiger partial charge in [0.2, 0.25) is 5.91 Å². The predicted octanol–water partition coefficient (Wildman–Crippen LogP) is -0.396. The summed E-state index contributed by atoms with van der Waals surface area (Å²) in [6.07, 6.45) is 0.617. The topological polar surface area (TPSA) is 75.6 Å². The van der Waals surface area contributed by atoms with Crippen LogP contribution in [-0.4, -0.2) is 60.0 Å². The number of nitrogens with two attached hydrogens (primary N) is 2. The van der Waals surface area contributed by atoms with Crippen molar-refractivity contribution in [1.29, 1.82) is 0 Å². The number of carbonyl (C=O) groups is 1. The van der Waals surface area contributed by atoms with Crippen molar-refractivity contribution in [2.45, 2.75) is 44.8 Å². The second kappa shape index (κ2) is 5.33. The molecule has 0 saturated carbocycles. The fourth-order valence-electron chi connectivity index (χ4n) is 2.21. The highest BCUT2D eigenvalue weighted by atomic mass is 16.1. The summed E-state index contributed by atoms with van der Waals surface area (Å²) in [5, 5.41) is 0. The van der Waals surface area contributed by atoms with Crippen molar-refractivity contribution in [2.24, 2.45) is 11.5 Å². The number of amides is 1. The number of likely N-dealkylation sites (N-methyl/N-ethyl adjacent to an activating group) is 1. The predicted molar refractivity (Wildman–Crippen MR) is 69.5 cm³/mol. The second-order valence-corrected chi connectivity index (χ2v) is 5.65. The maximum atomic E-state index is 11.1. The van der Waals surface area contributed by atoms with Crippen LogP contribution in [0.15, 0.2) is 0 Å². The number of piperazine rings is 1. The Kier molecular flexibility index (Phi) is 4.52. The van der Waals surface area contributed by atoms with Gasteiger partial charge < -0.3 is 16.4 Å². The van der Waals surface area contributed by atoms with Crippen LogP contribution in [0.3, 0.4) is 0 Å². The number of carbonyl (C=O) groups excluding carboxylic acids is 1. The molecule has 5 nitrogen and oxygen atoms in total. The first-order valence-corrected chi connectivity index (χ1v) is 6.27. The van der Waals surface area contributed by atoms with Gasteiger partial charge in [-0.15, -0.1) is 0 Å². The molecule has 1 fully saturated rings. The Morgan fingerprint density at radius 1 is 1.35 bits per heavy atom. The van der Waals surface area contributed by atoms with Crippen molar-refractivity contribution < 1.29 is 4.79 Å². The maximum absolute atomic E-state index is 11.1. The molecule has 17 heavy (non-hydrogen) atoms. The highest BCUT2D eigenvalue weighted by Gasteiger charge is 2.30. The monoisotopic (exact) mass is 242 g/mol. The highest BCUT2D eigenvalue weighted by Crippen LogP contribution is 2.15. The summed E-state index contributed by atoms with van der Waals surface area (Å²) in [6.45, 7) is 9.03. The first-order valence-electron chi connectivity index (χ1n) is 6.27. The van der Waals surface area contributed by atoms with Crippen molar-refractivity contribution in [3.63, 3.8) is 0 Å². The highest BCUT2D eigenvalue weighted by molar-refractivity contribution is 5.83. The van der Waals surface area contributed by atoms with Gasteiger partial charge in [0.05, 0.1) is 5.54 Å². The smallest absolute Gasteiger partial charge is 0.237 e. The van der Waals surface area contributed by atoms with Gasteiger partial charge in [-0.25, -0.2) is 0 Å². The van der Waals surface area contributed by atoms with Gasteiger partial charge in [-0.1, -0.05) is 0 Å². The first-order chi connectivity index (χ1) is 7.74.